The maximum Gasteiger partial charge on any atom is 0.0742 e. The minimum Gasteiger partial charge on any atom is -1.00 e. The van der Waals surface area contributed by atoms with Gasteiger partial charge in [0.05, 0.1) is 12.7 Å². The molecule has 0 saturated carbocycles. The van der Waals surface area contributed by atoms with Gasteiger partial charge in [-0.25, -0.2) is 0 Å². The van der Waals surface area contributed by atoms with Crippen molar-refractivity contribution in [3.8, 4) is 0 Å². The lowest BCUT2D eigenvalue weighted by atomic mass is 10.5. The Morgan fingerprint density at radius 2 is 1.83 bits per heavy atom. The standard InChI is InChI=1S/C3H8O2.ClH/c1-3(5)2-4;/h3-5H,2H2,1H3;1H/p-1. The van der Waals surface area contributed by atoms with Crippen molar-refractivity contribution < 1.29 is 22.6 Å². The fourth-order valence-electron chi connectivity index (χ4n) is 0. The Morgan fingerprint density at radius 1 is 1.67 bits per heavy atom. The van der Waals surface area contributed by atoms with Crippen LogP contribution in [0.15, 0.2) is 0 Å². The molecule has 0 aliphatic rings. The van der Waals surface area contributed by atoms with Crippen molar-refractivity contribution in [2.24, 2.45) is 0 Å². The molecule has 0 aliphatic heterocycles. The van der Waals surface area contributed by atoms with Gasteiger partial charge in [0.1, 0.15) is 0 Å². The molecule has 0 aromatic heterocycles. The summed E-state index contributed by atoms with van der Waals surface area (Å²) < 4.78 is 0. The molecule has 1 atom stereocenters. The van der Waals surface area contributed by atoms with Gasteiger partial charge in [0.2, 0.25) is 0 Å². The van der Waals surface area contributed by atoms with E-state index in [4.69, 9.17) is 10.2 Å². The van der Waals surface area contributed by atoms with Crippen LogP contribution in [-0.2, 0) is 0 Å². The Morgan fingerprint density at radius 3 is 1.83 bits per heavy atom. The zero-order chi connectivity index (χ0) is 4.28. The molecule has 0 fully saturated rings. The maximum atomic E-state index is 8.11. The van der Waals surface area contributed by atoms with E-state index < -0.39 is 6.10 Å². The second-order valence-corrected chi connectivity index (χ2v) is 1.03. The van der Waals surface area contributed by atoms with Crippen molar-refractivity contribution in [1.82, 2.24) is 0 Å². The summed E-state index contributed by atoms with van der Waals surface area (Å²) in [6.07, 6.45) is -0.560. The molecular formula is C3H8ClO2-. The molecule has 0 aliphatic carbocycles. The number of rotatable bonds is 1. The fourth-order valence-corrected chi connectivity index (χ4v) is 0. The Labute approximate surface area is 43.2 Å². The summed E-state index contributed by atoms with van der Waals surface area (Å²) in [5, 5.41) is 16.0. The smallest absolute Gasteiger partial charge is 0.0742 e. The first-order valence-electron chi connectivity index (χ1n) is 1.56. The van der Waals surface area contributed by atoms with Gasteiger partial charge in [0.15, 0.2) is 0 Å². The van der Waals surface area contributed by atoms with Crippen LogP contribution in [0.4, 0.5) is 0 Å². The maximum absolute atomic E-state index is 8.11. The highest BCUT2D eigenvalue weighted by Crippen LogP contribution is 1.68. The third kappa shape index (κ3) is 8.88. The van der Waals surface area contributed by atoms with Crippen LogP contribution in [0.25, 0.3) is 0 Å². The molecule has 6 heavy (non-hydrogen) atoms. The molecular weight excluding hydrogens is 103 g/mol. The molecule has 0 saturated heterocycles. The predicted octanol–water partition coefficient (Wildman–Crippen LogP) is -3.64. The second kappa shape index (κ2) is 5.21. The van der Waals surface area contributed by atoms with Gasteiger partial charge in [0, 0.05) is 0 Å². The van der Waals surface area contributed by atoms with E-state index in [0.717, 1.165) is 0 Å². The fraction of sp³-hybridized carbons (Fsp3) is 1.00. The highest BCUT2D eigenvalue weighted by molar-refractivity contribution is 4.33. The number of halogens is 1. The van der Waals surface area contributed by atoms with E-state index >= 15 is 0 Å². The molecule has 0 radical (unpaired) electrons. The predicted molar refractivity (Wildman–Crippen MR) is 18.8 cm³/mol. The van der Waals surface area contributed by atoms with Gasteiger partial charge in [-0.1, -0.05) is 0 Å². The summed E-state index contributed by atoms with van der Waals surface area (Å²) in [6, 6.07) is 0. The van der Waals surface area contributed by atoms with Crippen LogP contribution in [0, 0.1) is 0 Å². The van der Waals surface area contributed by atoms with E-state index in [9.17, 15) is 0 Å². The van der Waals surface area contributed by atoms with E-state index in [1.807, 2.05) is 0 Å². The SMILES string of the molecule is CC(O)CO.[Cl-]. The largest absolute Gasteiger partial charge is 1.00 e. The van der Waals surface area contributed by atoms with E-state index in [0.29, 0.717) is 0 Å². The van der Waals surface area contributed by atoms with Crippen LogP contribution in [0.1, 0.15) is 6.92 Å². The third-order valence-corrected chi connectivity index (χ3v) is 0.264. The molecule has 0 heterocycles. The molecule has 0 amide bonds. The number of aliphatic hydroxyl groups is 2. The van der Waals surface area contributed by atoms with Gasteiger partial charge in [0.25, 0.3) is 0 Å². The summed E-state index contributed by atoms with van der Waals surface area (Å²) >= 11 is 0. The highest BCUT2D eigenvalue weighted by atomic mass is 35.5. The monoisotopic (exact) mass is 111 g/mol. The van der Waals surface area contributed by atoms with Crippen LogP contribution in [-0.4, -0.2) is 22.9 Å². The number of aliphatic hydroxyl groups excluding tert-OH is 2. The van der Waals surface area contributed by atoms with Crippen molar-refractivity contribution in [3.05, 3.63) is 0 Å². The van der Waals surface area contributed by atoms with Crippen LogP contribution in [0.3, 0.4) is 0 Å². The highest BCUT2D eigenvalue weighted by Gasteiger charge is 1.83. The molecule has 40 valence electrons. The minimum atomic E-state index is -0.560. The molecule has 0 rings (SSSR count). The summed E-state index contributed by atoms with van der Waals surface area (Å²) in [5.41, 5.74) is 0. The molecule has 2 nitrogen and oxygen atoms in total. The summed E-state index contributed by atoms with van der Waals surface area (Å²) in [5.74, 6) is 0. The first-order valence-corrected chi connectivity index (χ1v) is 1.56. The Kier molecular flexibility index (Phi) is 8.26. The van der Waals surface area contributed by atoms with Crippen molar-refractivity contribution in [3.63, 3.8) is 0 Å². The summed E-state index contributed by atoms with van der Waals surface area (Å²) in [4.78, 5) is 0. The summed E-state index contributed by atoms with van der Waals surface area (Å²) in [6.45, 7) is 1.39. The Balaban J connectivity index is 0. The van der Waals surface area contributed by atoms with Gasteiger partial charge < -0.3 is 22.6 Å². The van der Waals surface area contributed by atoms with Gasteiger partial charge in [-0.3, -0.25) is 0 Å². The van der Waals surface area contributed by atoms with Gasteiger partial charge >= 0.3 is 0 Å². The zero-order valence-corrected chi connectivity index (χ0v) is 4.31. The van der Waals surface area contributed by atoms with Crippen LogP contribution >= 0.6 is 0 Å². The molecule has 0 bridgehead atoms. The lowest BCUT2D eigenvalue weighted by Crippen LogP contribution is -3.00. The van der Waals surface area contributed by atoms with Gasteiger partial charge in [-0.05, 0) is 6.92 Å². The van der Waals surface area contributed by atoms with Crippen molar-refractivity contribution >= 4 is 0 Å². The average Bonchev–Trinajstić information content (AvgIpc) is 1.38. The Hall–Kier alpha value is 0.210. The Bertz CT molecular complexity index is 22.8. The lowest BCUT2D eigenvalue weighted by molar-refractivity contribution is -0.00000333. The zero-order valence-electron chi connectivity index (χ0n) is 3.56. The first-order chi connectivity index (χ1) is 2.27. The molecule has 0 aromatic rings. The van der Waals surface area contributed by atoms with Gasteiger partial charge in [-0.2, -0.15) is 0 Å². The molecule has 2 N–H and O–H groups in total. The van der Waals surface area contributed by atoms with Crippen molar-refractivity contribution in [1.29, 1.82) is 0 Å². The van der Waals surface area contributed by atoms with E-state index in [-0.39, 0.29) is 19.0 Å². The van der Waals surface area contributed by atoms with E-state index in [2.05, 4.69) is 0 Å². The quantitative estimate of drug-likeness (QED) is 0.367. The molecule has 0 aromatic carbocycles. The van der Waals surface area contributed by atoms with Crippen molar-refractivity contribution in [2.75, 3.05) is 6.61 Å². The second-order valence-electron chi connectivity index (χ2n) is 1.03. The first kappa shape index (κ1) is 9.51. The van der Waals surface area contributed by atoms with Crippen LogP contribution in [0.2, 0.25) is 0 Å². The van der Waals surface area contributed by atoms with Crippen LogP contribution < -0.4 is 12.4 Å². The normalized spacial score (nSPS) is 12.5. The third-order valence-electron chi connectivity index (χ3n) is 0.264. The van der Waals surface area contributed by atoms with Crippen molar-refractivity contribution in [2.45, 2.75) is 13.0 Å². The summed E-state index contributed by atoms with van der Waals surface area (Å²) in [7, 11) is 0. The number of hydrogen-bond donors (Lipinski definition) is 2. The average molecular weight is 112 g/mol. The van der Waals surface area contributed by atoms with Gasteiger partial charge in [-0.15, -0.1) is 0 Å². The molecule has 0 spiro atoms. The molecule has 1 unspecified atom stereocenters. The van der Waals surface area contributed by atoms with E-state index in [1.165, 1.54) is 6.92 Å². The van der Waals surface area contributed by atoms with Crippen LogP contribution in [0.5, 0.6) is 0 Å². The molecule has 3 heteroatoms. The van der Waals surface area contributed by atoms with E-state index in [1.54, 1.807) is 0 Å². The topological polar surface area (TPSA) is 40.5 Å². The lowest BCUT2D eigenvalue weighted by Gasteiger charge is -1.90. The number of hydrogen-bond acceptors (Lipinski definition) is 2. The minimum absolute atomic E-state index is 0.